The molecule has 1 aromatic heterocycles. The summed E-state index contributed by atoms with van der Waals surface area (Å²) in [5.74, 6) is -0.317. The van der Waals surface area contributed by atoms with E-state index in [0.29, 0.717) is 18.1 Å². The molecule has 1 aliphatic rings. The van der Waals surface area contributed by atoms with Crippen molar-refractivity contribution in [3.8, 4) is 0 Å². The zero-order valence-electron chi connectivity index (χ0n) is 11.1. The van der Waals surface area contributed by atoms with Gasteiger partial charge in [-0.1, -0.05) is 11.3 Å². The summed E-state index contributed by atoms with van der Waals surface area (Å²) in [5, 5.41) is 0.862. The number of aryl methyl sites for hydroxylation is 1. The zero-order chi connectivity index (χ0) is 13.3. The van der Waals surface area contributed by atoms with E-state index >= 15 is 0 Å². The first-order valence-electron chi connectivity index (χ1n) is 5.87. The van der Waals surface area contributed by atoms with Crippen molar-refractivity contribution in [1.82, 2.24) is 4.98 Å². The molecule has 2 rings (SSSR count). The van der Waals surface area contributed by atoms with Crippen LogP contribution >= 0.6 is 11.3 Å². The molecule has 1 fully saturated rings. The number of thiazole rings is 1. The van der Waals surface area contributed by atoms with Crippen molar-refractivity contribution in [2.24, 2.45) is 0 Å². The van der Waals surface area contributed by atoms with Crippen molar-refractivity contribution in [2.75, 3.05) is 31.8 Å². The Morgan fingerprint density at radius 1 is 1.56 bits per heavy atom. The van der Waals surface area contributed by atoms with Crippen molar-refractivity contribution in [3.63, 3.8) is 0 Å². The minimum atomic E-state index is -0.317. The Balaban J connectivity index is 2.31. The minimum absolute atomic E-state index is 0.101. The van der Waals surface area contributed by atoms with Gasteiger partial charge in [-0.25, -0.2) is 9.78 Å². The molecule has 0 unspecified atom stereocenters. The SMILES string of the molecule is COC(=O)c1sc(N2CCOCC2(C)C)nc1C. The van der Waals surface area contributed by atoms with Gasteiger partial charge in [-0.05, 0) is 20.8 Å². The Bertz CT molecular complexity index is 456. The number of morpholine rings is 1. The summed E-state index contributed by atoms with van der Waals surface area (Å²) in [4.78, 5) is 18.9. The highest BCUT2D eigenvalue weighted by Crippen LogP contribution is 2.32. The standard InChI is InChI=1S/C12H18N2O3S/c1-8-9(10(15)16-4)18-11(13-8)14-5-6-17-7-12(14,2)3/h5-7H2,1-4H3. The second kappa shape index (κ2) is 4.85. The molecule has 0 atom stereocenters. The second-order valence-corrected chi connectivity index (χ2v) is 5.90. The van der Waals surface area contributed by atoms with Crippen LogP contribution in [-0.4, -0.2) is 43.4 Å². The number of carbonyl (C=O) groups is 1. The van der Waals surface area contributed by atoms with Crippen LogP contribution in [0.15, 0.2) is 0 Å². The number of ether oxygens (including phenoxy) is 2. The Morgan fingerprint density at radius 2 is 2.28 bits per heavy atom. The van der Waals surface area contributed by atoms with Crippen LogP contribution in [-0.2, 0) is 9.47 Å². The van der Waals surface area contributed by atoms with E-state index in [-0.39, 0.29) is 11.5 Å². The van der Waals surface area contributed by atoms with Gasteiger partial charge in [0, 0.05) is 6.54 Å². The number of aromatic nitrogens is 1. The summed E-state index contributed by atoms with van der Waals surface area (Å²) in [7, 11) is 1.39. The summed E-state index contributed by atoms with van der Waals surface area (Å²) in [6, 6.07) is 0. The first-order valence-corrected chi connectivity index (χ1v) is 6.68. The molecule has 1 aromatic rings. The third kappa shape index (κ3) is 2.35. The number of anilines is 1. The lowest BCUT2D eigenvalue weighted by molar-refractivity contribution is 0.0605. The molecule has 100 valence electrons. The van der Waals surface area contributed by atoms with E-state index in [4.69, 9.17) is 9.47 Å². The quantitative estimate of drug-likeness (QED) is 0.768. The first-order chi connectivity index (χ1) is 8.45. The van der Waals surface area contributed by atoms with Crippen molar-refractivity contribution in [3.05, 3.63) is 10.6 Å². The van der Waals surface area contributed by atoms with E-state index < -0.39 is 0 Å². The van der Waals surface area contributed by atoms with Gasteiger partial charge >= 0.3 is 5.97 Å². The maximum absolute atomic E-state index is 11.6. The van der Waals surface area contributed by atoms with E-state index in [0.717, 1.165) is 17.4 Å². The summed E-state index contributed by atoms with van der Waals surface area (Å²) >= 11 is 1.39. The van der Waals surface area contributed by atoms with Gasteiger partial charge in [0.2, 0.25) is 0 Å². The summed E-state index contributed by atoms with van der Waals surface area (Å²) < 4.78 is 10.2. The molecule has 0 bridgehead atoms. The fourth-order valence-electron chi connectivity index (χ4n) is 1.99. The number of hydrogen-bond donors (Lipinski definition) is 0. The van der Waals surface area contributed by atoms with Gasteiger partial charge in [0.05, 0.1) is 31.6 Å². The first kappa shape index (κ1) is 13.3. The molecule has 0 spiro atoms. The maximum atomic E-state index is 11.6. The molecule has 0 N–H and O–H groups in total. The molecule has 1 saturated heterocycles. The van der Waals surface area contributed by atoms with Gasteiger partial charge in [-0.15, -0.1) is 0 Å². The highest BCUT2D eigenvalue weighted by atomic mass is 32.1. The van der Waals surface area contributed by atoms with Gasteiger partial charge in [0.1, 0.15) is 4.88 Å². The molecule has 1 aliphatic heterocycles. The molecular formula is C12H18N2O3S. The average Bonchev–Trinajstić information content (AvgIpc) is 2.69. The summed E-state index contributed by atoms with van der Waals surface area (Å²) in [5.41, 5.74) is 0.625. The number of rotatable bonds is 2. The Morgan fingerprint density at radius 3 is 2.89 bits per heavy atom. The number of nitrogens with zero attached hydrogens (tertiary/aromatic N) is 2. The predicted octanol–water partition coefficient (Wildman–Crippen LogP) is 1.85. The predicted molar refractivity (Wildman–Crippen MR) is 70.4 cm³/mol. The maximum Gasteiger partial charge on any atom is 0.350 e. The minimum Gasteiger partial charge on any atom is -0.465 e. The van der Waals surface area contributed by atoms with Crippen LogP contribution in [0.1, 0.15) is 29.2 Å². The van der Waals surface area contributed by atoms with E-state index in [1.807, 2.05) is 6.92 Å². The van der Waals surface area contributed by atoms with Crippen molar-refractivity contribution in [1.29, 1.82) is 0 Å². The molecular weight excluding hydrogens is 252 g/mol. The van der Waals surface area contributed by atoms with E-state index in [9.17, 15) is 4.79 Å². The van der Waals surface area contributed by atoms with E-state index in [1.165, 1.54) is 18.4 Å². The topological polar surface area (TPSA) is 51.7 Å². The lowest BCUT2D eigenvalue weighted by Crippen LogP contribution is -2.53. The largest absolute Gasteiger partial charge is 0.465 e. The van der Waals surface area contributed by atoms with Gasteiger partial charge in [0.25, 0.3) is 0 Å². The third-order valence-corrected chi connectivity index (χ3v) is 4.19. The normalized spacial score (nSPS) is 18.8. The number of hydrogen-bond acceptors (Lipinski definition) is 6. The highest BCUT2D eigenvalue weighted by Gasteiger charge is 2.33. The van der Waals surface area contributed by atoms with E-state index in [1.54, 1.807) is 0 Å². The number of carbonyl (C=O) groups excluding carboxylic acids is 1. The van der Waals surface area contributed by atoms with Crippen LogP contribution in [0.4, 0.5) is 5.13 Å². The Kier molecular flexibility index (Phi) is 3.59. The molecule has 6 heteroatoms. The van der Waals surface area contributed by atoms with Gasteiger partial charge in [0.15, 0.2) is 5.13 Å². The smallest absolute Gasteiger partial charge is 0.350 e. The number of esters is 1. The molecule has 2 heterocycles. The van der Waals surface area contributed by atoms with Crippen LogP contribution in [0.2, 0.25) is 0 Å². The van der Waals surface area contributed by atoms with Crippen LogP contribution in [0, 0.1) is 6.92 Å². The fraction of sp³-hybridized carbons (Fsp3) is 0.667. The number of methoxy groups -OCH3 is 1. The highest BCUT2D eigenvalue weighted by molar-refractivity contribution is 7.17. The van der Waals surface area contributed by atoms with Crippen molar-refractivity contribution in [2.45, 2.75) is 26.3 Å². The molecule has 0 saturated carbocycles. The molecule has 0 amide bonds. The fourth-order valence-corrected chi connectivity index (χ4v) is 3.17. The molecule has 5 nitrogen and oxygen atoms in total. The van der Waals surface area contributed by atoms with Gasteiger partial charge in [-0.2, -0.15) is 0 Å². The molecule has 0 radical (unpaired) electrons. The van der Waals surface area contributed by atoms with Crippen LogP contribution in [0.3, 0.4) is 0 Å². The summed E-state index contributed by atoms with van der Waals surface area (Å²) in [6.07, 6.45) is 0. The Labute approximate surface area is 111 Å². The molecule has 18 heavy (non-hydrogen) atoms. The van der Waals surface area contributed by atoms with Crippen LogP contribution < -0.4 is 4.90 Å². The second-order valence-electron chi connectivity index (χ2n) is 4.92. The van der Waals surface area contributed by atoms with Gasteiger partial charge < -0.3 is 14.4 Å². The van der Waals surface area contributed by atoms with Gasteiger partial charge in [-0.3, -0.25) is 0 Å². The average molecular weight is 270 g/mol. The third-order valence-electron chi connectivity index (χ3n) is 3.03. The molecule has 0 aliphatic carbocycles. The van der Waals surface area contributed by atoms with Crippen molar-refractivity contribution >= 4 is 22.4 Å². The Hall–Kier alpha value is -1.14. The van der Waals surface area contributed by atoms with Crippen LogP contribution in [0.25, 0.3) is 0 Å². The van der Waals surface area contributed by atoms with Crippen LogP contribution in [0.5, 0.6) is 0 Å². The van der Waals surface area contributed by atoms with E-state index in [2.05, 4.69) is 23.7 Å². The lowest BCUT2D eigenvalue weighted by Gasteiger charge is -2.41. The monoisotopic (exact) mass is 270 g/mol. The van der Waals surface area contributed by atoms with Crippen molar-refractivity contribution < 1.29 is 14.3 Å². The molecule has 0 aromatic carbocycles. The zero-order valence-corrected chi connectivity index (χ0v) is 12.0. The lowest BCUT2D eigenvalue weighted by atomic mass is 10.0. The summed E-state index contributed by atoms with van der Waals surface area (Å²) in [6.45, 7) is 8.20.